The topological polar surface area (TPSA) is 69.1 Å². The predicted octanol–water partition coefficient (Wildman–Crippen LogP) is 2.19. The molecule has 4 nitrogen and oxygen atoms in total. The summed E-state index contributed by atoms with van der Waals surface area (Å²) in [4.78, 5) is 15.0. The van der Waals surface area contributed by atoms with Crippen LogP contribution in [0.1, 0.15) is 17.5 Å². The highest BCUT2D eigenvalue weighted by Crippen LogP contribution is 2.24. The number of nitrogen functional groups attached to an aromatic ring is 1. The van der Waals surface area contributed by atoms with Gasteiger partial charge in [-0.05, 0) is 12.1 Å². The molecule has 0 fully saturated rings. The van der Waals surface area contributed by atoms with Crippen LogP contribution in [0, 0.1) is 0 Å². The normalized spacial score (nSPS) is 10.4. The van der Waals surface area contributed by atoms with E-state index in [-0.39, 0.29) is 5.78 Å². The van der Waals surface area contributed by atoms with Gasteiger partial charge in [-0.1, -0.05) is 0 Å². The van der Waals surface area contributed by atoms with Crippen LogP contribution in [0.25, 0.3) is 11.5 Å². The molecule has 0 aliphatic heterocycles. The van der Waals surface area contributed by atoms with Crippen LogP contribution in [-0.4, -0.2) is 10.8 Å². The monoisotopic (exact) mass is 208 g/mol. The van der Waals surface area contributed by atoms with Crippen LogP contribution in [0.4, 0.5) is 5.13 Å². The number of nitrogens with zero attached hydrogens (tertiary/aromatic N) is 1. The molecule has 72 valence electrons. The van der Waals surface area contributed by atoms with Crippen LogP contribution < -0.4 is 5.73 Å². The lowest BCUT2D eigenvalue weighted by atomic mass is 10.3. The molecule has 0 saturated heterocycles. The van der Waals surface area contributed by atoms with Crippen LogP contribution in [0.5, 0.6) is 0 Å². The zero-order valence-electron chi connectivity index (χ0n) is 7.48. The number of thiazole rings is 1. The second-order valence-corrected chi connectivity index (χ2v) is 3.68. The summed E-state index contributed by atoms with van der Waals surface area (Å²) in [6, 6.07) is 3.35. The third-order valence-corrected chi connectivity index (χ3v) is 2.40. The van der Waals surface area contributed by atoms with Crippen LogP contribution >= 0.6 is 11.3 Å². The maximum absolute atomic E-state index is 11.0. The zero-order valence-corrected chi connectivity index (χ0v) is 8.30. The first-order chi connectivity index (χ1) is 6.66. The first kappa shape index (κ1) is 8.96. The molecule has 0 spiro atoms. The van der Waals surface area contributed by atoms with Gasteiger partial charge >= 0.3 is 0 Å². The van der Waals surface area contributed by atoms with Crippen molar-refractivity contribution in [2.75, 3.05) is 5.73 Å². The fraction of sp³-hybridized carbons (Fsp3) is 0.111. The van der Waals surface area contributed by atoms with Gasteiger partial charge in [-0.2, -0.15) is 0 Å². The number of carbonyl (C=O) groups is 1. The Morgan fingerprint density at radius 2 is 2.36 bits per heavy atom. The quantitative estimate of drug-likeness (QED) is 0.768. The van der Waals surface area contributed by atoms with Crippen LogP contribution in [0.3, 0.4) is 0 Å². The van der Waals surface area contributed by atoms with Gasteiger partial charge in [-0.3, -0.25) is 4.79 Å². The molecule has 0 atom stereocenters. The van der Waals surface area contributed by atoms with E-state index in [0.717, 1.165) is 0 Å². The summed E-state index contributed by atoms with van der Waals surface area (Å²) >= 11 is 1.34. The third-order valence-electron chi connectivity index (χ3n) is 1.73. The number of Topliss-reactive ketones (excluding diaryl/α,β-unsaturated/α-hetero) is 1. The second-order valence-electron chi connectivity index (χ2n) is 2.79. The highest BCUT2D eigenvalue weighted by Gasteiger charge is 2.10. The number of rotatable bonds is 2. The average molecular weight is 208 g/mol. The molecular weight excluding hydrogens is 200 g/mol. The van der Waals surface area contributed by atoms with Crippen molar-refractivity contribution in [1.29, 1.82) is 0 Å². The van der Waals surface area contributed by atoms with Crippen molar-refractivity contribution in [3.8, 4) is 11.5 Å². The summed E-state index contributed by atoms with van der Waals surface area (Å²) < 4.78 is 5.28. The van der Waals surface area contributed by atoms with Crippen molar-refractivity contribution >= 4 is 22.3 Å². The smallest absolute Gasteiger partial charge is 0.194 e. The molecule has 2 aromatic rings. The molecule has 2 aromatic heterocycles. The number of nitrogens with two attached hydrogens (primary N) is 1. The zero-order chi connectivity index (χ0) is 10.1. The maximum Gasteiger partial charge on any atom is 0.194 e. The van der Waals surface area contributed by atoms with Crippen molar-refractivity contribution in [1.82, 2.24) is 4.98 Å². The molecule has 2 rings (SSSR count). The third kappa shape index (κ3) is 1.54. The maximum atomic E-state index is 11.0. The van der Waals surface area contributed by atoms with E-state index in [1.165, 1.54) is 18.3 Å². The molecule has 0 unspecified atom stereocenters. The first-order valence-corrected chi connectivity index (χ1v) is 4.87. The van der Waals surface area contributed by atoms with Gasteiger partial charge < -0.3 is 10.2 Å². The largest absolute Gasteiger partial charge is 0.451 e. The number of anilines is 1. The van der Waals surface area contributed by atoms with E-state index in [0.29, 0.717) is 22.3 Å². The molecule has 2 heterocycles. The predicted molar refractivity (Wildman–Crippen MR) is 54.2 cm³/mol. The SMILES string of the molecule is CC(=O)c1ccc(-c2csc(N)n2)o1. The fourth-order valence-corrected chi connectivity index (χ4v) is 1.62. The number of furan rings is 1. The molecule has 0 amide bonds. The molecular formula is C9H8N2O2S. The number of hydrogen-bond donors (Lipinski definition) is 1. The second kappa shape index (κ2) is 3.26. The Kier molecular flexibility index (Phi) is 2.09. The van der Waals surface area contributed by atoms with E-state index in [9.17, 15) is 4.79 Å². The van der Waals surface area contributed by atoms with Crippen LogP contribution in [0.2, 0.25) is 0 Å². The molecule has 0 aromatic carbocycles. The summed E-state index contributed by atoms with van der Waals surface area (Å²) in [5.41, 5.74) is 6.15. The van der Waals surface area contributed by atoms with Crippen molar-refractivity contribution < 1.29 is 9.21 Å². The molecule has 0 aliphatic rings. The molecule has 14 heavy (non-hydrogen) atoms. The van der Waals surface area contributed by atoms with E-state index in [2.05, 4.69) is 4.98 Å². The molecule has 0 saturated carbocycles. The lowest BCUT2D eigenvalue weighted by molar-refractivity contribution is 0.0988. The minimum absolute atomic E-state index is 0.0977. The van der Waals surface area contributed by atoms with Crippen LogP contribution in [-0.2, 0) is 0 Å². The molecule has 0 radical (unpaired) electrons. The summed E-state index contributed by atoms with van der Waals surface area (Å²) in [5.74, 6) is 0.814. The van der Waals surface area contributed by atoms with E-state index in [4.69, 9.17) is 10.2 Å². The van der Waals surface area contributed by atoms with Crippen molar-refractivity contribution in [3.63, 3.8) is 0 Å². The lowest BCUT2D eigenvalue weighted by Crippen LogP contribution is -1.86. The van der Waals surface area contributed by atoms with E-state index in [1.807, 2.05) is 0 Å². The Balaban J connectivity index is 2.38. The molecule has 2 N–H and O–H groups in total. The Morgan fingerprint density at radius 1 is 1.57 bits per heavy atom. The number of ketones is 1. The van der Waals surface area contributed by atoms with Crippen molar-refractivity contribution in [3.05, 3.63) is 23.3 Å². The van der Waals surface area contributed by atoms with Gasteiger partial charge in [0.05, 0.1) is 0 Å². The van der Waals surface area contributed by atoms with Gasteiger partial charge in [0.2, 0.25) is 0 Å². The fourth-order valence-electron chi connectivity index (χ4n) is 1.07. The molecule has 0 aliphatic carbocycles. The van der Waals surface area contributed by atoms with Crippen molar-refractivity contribution in [2.45, 2.75) is 6.92 Å². The minimum atomic E-state index is -0.0977. The van der Waals surface area contributed by atoms with Gasteiger partial charge in [0.1, 0.15) is 5.69 Å². The summed E-state index contributed by atoms with van der Waals surface area (Å²) in [6.07, 6.45) is 0. The van der Waals surface area contributed by atoms with Gasteiger partial charge in [-0.25, -0.2) is 4.98 Å². The first-order valence-electron chi connectivity index (χ1n) is 3.99. The summed E-state index contributed by atoms with van der Waals surface area (Å²) in [6.45, 7) is 1.46. The molecule has 0 bridgehead atoms. The Morgan fingerprint density at radius 3 is 2.86 bits per heavy atom. The number of hydrogen-bond acceptors (Lipinski definition) is 5. The number of aromatic nitrogens is 1. The van der Waals surface area contributed by atoms with Gasteiger partial charge in [0.15, 0.2) is 22.4 Å². The van der Waals surface area contributed by atoms with E-state index in [1.54, 1.807) is 17.5 Å². The highest BCUT2D eigenvalue weighted by molar-refractivity contribution is 7.13. The highest BCUT2D eigenvalue weighted by atomic mass is 32.1. The Hall–Kier alpha value is -1.62. The van der Waals surface area contributed by atoms with E-state index < -0.39 is 0 Å². The van der Waals surface area contributed by atoms with Crippen LogP contribution in [0.15, 0.2) is 21.9 Å². The average Bonchev–Trinajstić information content (AvgIpc) is 2.70. The molecule has 5 heteroatoms. The Labute approximate surface area is 84.4 Å². The van der Waals surface area contributed by atoms with E-state index >= 15 is 0 Å². The van der Waals surface area contributed by atoms with Crippen molar-refractivity contribution in [2.24, 2.45) is 0 Å². The lowest BCUT2D eigenvalue weighted by Gasteiger charge is -1.88. The van der Waals surface area contributed by atoms with Gasteiger partial charge in [-0.15, -0.1) is 11.3 Å². The summed E-state index contributed by atoms with van der Waals surface area (Å²) in [7, 11) is 0. The van der Waals surface area contributed by atoms with Gasteiger partial charge in [0.25, 0.3) is 0 Å². The van der Waals surface area contributed by atoms with Gasteiger partial charge in [0, 0.05) is 12.3 Å². The Bertz CT molecular complexity index is 473. The number of carbonyl (C=O) groups excluding carboxylic acids is 1. The standard InChI is InChI=1S/C9H8N2O2S/c1-5(12)7-2-3-8(13-7)6-4-14-9(10)11-6/h2-4H,1H3,(H2,10,11). The summed E-state index contributed by atoms with van der Waals surface area (Å²) in [5, 5.41) is 2.28. The minimum Gasteiger partial charge on any atom is -0.451 e.